The van der Waals surface area contributed by atoms with Gasteiger partial charge in [0.1, 0.15) is 0 Å². The topological polar surface area (TPSA) is 0 Å². The van der Waals surface area contributed by atoms with Crippen molar-refractivity contribution in [1.29, 1.82) is 0 Å². The van der Waals surface area contributed by atoms with Gasteiger partial charge in [-0.15, -0.1) is 24.0 Å². The van der Waals surface area contributed by atoms with Gasteiger partial charge in [0.05, 0.1) is 0 Å². The van der Waals surface area contributed by atoms with Crippen LogP contribution in [0.1, 0.15) is 6.92 Å². The molecule has 0 saturated carbocycles. The van der Waals surface area contributed by atoms with Gasteiger partial charge in [-0.1, -0.05) is 0 Å². The second-order valence-electron chi connectivity index (χ2n) is 5.70. The summed E-state index contributed by atoms with van der Waals surface area (Å²) in [6.07, 6.45) is -1.39. The Bertz CT molecular complexity index is 643. The number of hydrogen-bond donors (Lipinski definition) is 0. The van der Waals surface area contributed by atoms with Gasteiger partial charge in [-0.05, 0) is 0 Å². The molecule has 0 aromatic heterocycles. The average Bonchev–Trinajstić information content (AvgIpc) is 2.63. The maximum Gasteiger partial charge on any atom is -0.107 e. The van der Waals surface area contributed by atoms with Crippen molar-refractivity contribution in [2.24, 2.45) is 0 Å². The SMILES string of the molecule is CCP(P)(c1ccccc1)(c1ccccc1)c1ccccc1.I. The standard InChI is InChI=1S/C20H22P2.HI/c1-2-22(21,18-12-6-3-7-13-18,19-14-8-4-9-15-19)20-16-10-5-11-17-20;/h3-17H,2,21H2,1H3;1H. The Morgan fingerprint density at radius 1 is 0.609 bits per heavy atom. The third-order valence-corrected chi connectivity index (χ3v) is 14.2. The maximum absolute atomic E-state index is 3.32. The molecular formula is C20H23IP2. The third kappa shape index (κ3) is 3.00. The Hall–Kier alpha value is -0.750. The van der Waals surface area contributed by atoms with Crippen LogP contribution >= 0.6 is 39.2 Å². The van der Waals surface area contributed by atoms with Crippen LogP contribution in [-0.2, 0) is 0 Å². The predicted octanol–water partition coefficient (Wildman–Crippen LogP) is 4.94. The summed E-state index contributed by atoms with van der Waals surface area (Å²) in [4.78, 5) is 0. The maximum atomic E-state index is 3.32. The summed E-state index contributed by atoms with van der Waals surface area (Å²) in [5.74, 6) is 0. The fourth-order valence-electron chi connectivity index (χ4n) is 3.30. The molecule has 0 aliphatic heterocycles. The summed E-state index contributed by atoms with van der Waals surface area (Å²) in [6.45, 7) is 2.32. The molecule has 0 aliphatic carbocycles. The van der Waals surface area contributed by atoms with Gasteiger partial charge in [-0.25, -0.2) is 0 Å². The molecule has 120 valence electrons. The van der Waals surface area contributed by atoms with Gasteiger partial charge in [-0.3, -0.25) is 0 Å². The summed E-state index contributed by atoms with van der Waals surface area (Å²) in [5, 5.41) is 4.29. The molecule has 23 heavy (non-hydrogen) atoms. The zero-order chi connectivity index (χ0) is 15.5. The molecule has 3 heteroatoms. The summed E-state index contributed by atoms with van der Waals surface area (Å²) in [6, 6.07) is 32.9. The largest absolute Gasteiger partial charge is 0.107 e. The Labute approximate surface area is 158 Å². The van der Waals surface area contributed by atoms with Crippen LogP contribution in [0.15, 0.2) is 91.0 Å². The molecule has 0 amide bonds. The van der Waals surface area contributed by atoms with Crippen LogP contribution in [-0.4, -0.2) is 6.16 Å². The minimum absolute atomic E-state index is 0. The van der Waals surface area contributed by atoms with E-state index in [1.54, 1.807) is 0 Å². The predicted molar refractivity (Wildman–Crippen MR) is 121 cm³/mol. The molecule has 0 saturated heterocycles. The molecule has 3 aromatic carbocycles. The van der Waals surface area contributed by atoms with Crippen molar-refractivity contribution in [2.75, 3.05) is 6.16 Å². The van der Waals surface area contributed by atoms with Gasteiger partial charge in [0.25, 0.3) is 0 Å². The minimum Gasteiger partial charge on any atom is -0.107 e. The van der Waals surface area contributed by atoms with Crippen LogP contribution < -0.4 is 15.9 Å². The second-order valence-corrected chi connectivity index (χ2v) is 14.1. The quantitative estimate of drug-likeness (QED) is 0.389. The summed E-state index contributed by atoms with van der Waals surface area (Å²) in [5.41, 5.74) is 0. The van der Waals surface area contributed by atoms with E-state index >= 15 is 0 Å². The summed E-state index contributed by atoms with van der Waals surface area (Å²) in [7, 11) is 3.32. The second kappa shape index (κ2) is 7.43. The van der Waals surface area contributed by atoms with E-state index in [9.17, 15) is 0 Å². The molecule has 0 spiro atoms. The minimum atomic E-state index is -2.48. The van der Waals surface area contributed by atoms with Crippen LogP contribution in [0.25, 0.3) is 0 Å². The van der Waals surface area contributed by atoms with Gasteiger partial charge >= 0.3 is 135 Å². The fourth-order valence-corrected chi connectivity index (χ4v) is 9.40. The Morgan fingerprint density at radius 2 is 0.870 bits per heavy atom. The molecule has 0 bridgehead atoms. The summed E-state index contributed by atoms with van der Waals surface area (Å²) >= 11 is 0. The van der Waals surface area contributed by atoms with E-state index in [-0.39, 0.29) is 24.0 Å². The zero-order valence-electron chi connectivity index (χ0n) is 13.3. The molecule has 0 aliphatic rings. The van der Waals surface area contributed by atoms with Crippen LogP contribution in [0.5, 0.6) is 0 Å². The van der Waals surface area contributed by atoms with Gasteiger partial charge in [0.2, 0.25) is 0 Å². The molecule has 3 rings (SSSR count). The monoisotopic (exact) mass is 452 g/mol. The number of rotatable bonds is 4. The smallest absolute Gasteiger partial charge is 0.107 e. The Morgan fingerprint density at radius 3 is 1.09 bits per heavy atom. The van der Waals surface area contributed by atoms with Gasteiger partial charge in [-0.2, -0.15) is 0 Å². The van der Waals surface area contributed by atoms with Crippen molar-refractivity contribution in [3.05, 3.63) is 91.0 Å². The molecule has 1 unspecified atom stereocenters. The first-order valence-corrected chi connectivity index (χ1v) is 11.7. The van der Waals surface area contributed by atoms with E-state index in [2.05, 4.69) is 107 Å². The third-order valence-electron chi connectivity index (χ3n) is 4.70. The van der Waals surface area contributed by atoms with Crippen LogP contribution in [0.4, 0.5) is 0 Å². The first-order chi connectivity index (χ1) is 10.7. The van der Waals surface area contributed by atoms with Crippen LogP contribution in [0, 0.1) is 0 Å². The van der Waals surface area contributed by atoms with Crippen molar-refractivity contribution in [3.63, 3.8) is 0 Å². The molecule has 0 heterocycles. The zero-order valence-corrected chi connectivity index (χ0v) is 17.7. The molecule has 3 aromatic rings. The molecular weight excluding hydrogens is 429 g/mol. The first kappa shape index (κ1) is 18.6. The molecule has 0 fully saturated rings. The summed E-state index contributed by atoms with van der Waals surface area (Å²) < 4.78 is 0. The number of hydrogen-bond acceptors (Lipinski definition) is 0. The Kier molecular flexibility index (Phi) is 6.00. The van der Waals surface area contributed by atoms with Crippen LogP contribution in [0.3, 0.4) is 0 Å². The van der Waals surface area contributed by atoms with E-state index < -0.39 is 6.29 Å². The van der Waals surface area contributed by atoms with Crippen molar-refractivity contribution in [3.8, 4) is 0 Å². The number of halogens is 1. The van der Waals surface area contributed by atoms with E-state index in [1.165, 1.54) is 15.9 Å². The van der Waals surface area contributed by atoms with E-state index in [0.717, 1.165) is 6.16 Å². The normalized spacial score (nSPS) is 12.7. The van der Waals surface area contributed by atoms with Gasteiger partial charge < -0.3 is 0 Å². The van der Waals surface area contributed by atoms with Gasteiger partial charge in [0.15, 0.2) is 0 Å². The van der Waals surface area contributed by atoms with Crippen LogP contribution in [0.2, 0.25) is 0 Å². The fraction of sp³-hybridized carbons (Fsp3) is 0.100. The molecule has 0 radical (unpaired) electrons. The van der Waals surface area contributed by atoms with E-state index in [1.807, 2.05) is 0 Å². The molecule has 0 nitrogen and oxygen atoms in total. The van der Waals surface area contributed by atoms with Crippen molar-refractivity contribution < 1.29 is 0 Å². The number of benzene rings is 3. The average molecular weight is 452 g/mol. The molecule has 1 atom stereocenters. The van der Waals surface area contributed by atoms with E-state index in [4.69, 9.17) is 0 Å². The Balaban J connectivity index is 0.00000192. The van der Waals surface area contributed by atoms with Gasteiger partial charge in [0, 0.05) is 0 Å². The van der Waals surface area contributed by atoms with Crippen molar-refractivity contribution in [2.45, 2.75) is 6.92 Å². The van der Waals surface area contributed by atoms with Crippen molar-refractivity contribution >= 4 is 55.1 Å². The molecule has 0 N–H and O–H groups in total. The van der Waals surface area contributed by atoms with E-state index in [0.29, 0.717) is 0 Å². The van der Waals surface area contributed by atoms with Crippen molar-refractivity contribution in [1.82, 2.24) is 0 Å². The first-order valence-electron chi connectivity index (χ1n) is 7.68.